The number of aromatic nitrogens is 1. The minimum atomic E-state index is -0.574. The zero-order valence-electron chi connectivity index (χ0n) is 21.3. The van der Waals surface area contributed by atoms with Crippen molar-refractivity contribution in [1.82, 2.24) is 9.88 Å². The van der Waals surface area contributed by atoms with Crippen LogP contribution in [0.15, 0.2) is 59.6 Å². The van der Waals surface area contributed by atoms with E-state index in [1.54, 1.807) is 25.1 Å². The number of hydrogen-bond donors (Lipinski definition) is 1. The van der Waals surface area contributed by atoms with Gasteiger partial charge in [0.1, 0.15) is 12.7 Å². The van der Waals surface area contributed by atoms with Crippen LogP contribution in [-0.2, 0) is 9.59 Å². The number of amides is 3. The molecule has 0 atom stereocenters. The second-order valence-electron chi connectivity index (χ2n) is 8.44. The number of aryl methyl sites for hydroxylation is 2. The van der Waals surface area contributed by atoms with Gasteiger partial charge in [0.05, 0.1) is 16.4 Å². The summed E-state index contributed by atoms with van der Waals surface area (Å²) in [5.41, 5.74) is 2.80. The fourth-order valence-electron chi connectivity index (χ4n) is 3.74. The highest BCUT2D eigenvalue weighted by Gasteiger charge is 2.36. The predicted molar refractivity (Wildman–Crippen MR) is 146 cm³/mol. The molecular weight excluding hydrogens is 524 g/mol. The van der Waals surface area contributed by atoms with E-state index in [-0.39, 0.29) is 16.5 Å². The summed E-state index contributed by atoms with van der Waals surface area (Å²) >= 11 is 0.742. The highest BCUT2D eigenvalue weighted by Crippen LogP contribution is 2.36. The van der Waals surface area contributed by atoms with Gasteiger partial charge >= 0.3 is 0 Å². The number of nitro groups is 1. The fourth-order valence-corrected chi connectivity index (χ4v) is 4.58. The molecule has 1 aliphatic heterocycles. The van der Waals surface area contributed by atoms with Crippen molar-refractivity contribution in [2.75, 3.05) is 18.5 Å². The molecule has 1 N–H and O–H groups in total. The molecule has 2 aromatic carbocycles. The zero-order chi connectivity index (χ0) is 28.1. The van der Waals surface area contributed by atoms with Crippen molar-refractivity contribution in [1.29, 1.82) is 0 Å². The lowest BCUT2D eigenvalue weighted by atomic mass is 10.1. The van der Waals surface area contributed by atoms with E-state index in [0.717, 1.165) is 34.0 Å². The van der Waals surface area contributed by atoms with E-state index in [2.05, 4.69) is 10.3 Å². The molecule has 200 valence electrons. The van der Waals surface area contributed by atoms with Gasteiger partial charge in [0.25, 0.3) is 16.8 Å². The van der Waals surface area contributed by atoms with Gasteiger partial charge in [-0.2, -0.15) is 0 Å². The molecule has 0 spiro atoms. The minimum Gasteiger partial charge on any atom is -0.490 e. The van der Waals surface area contributed by atoms with Crippen molar-refractivity contribution < 1.29 is 28.8 Å². The highest BCUT2D eigenvalue weighted by molar-refractivity contribution is 8.18. The van der Waals surface area contributed by atoms with Crippen LogP contribution in [0.3, 0.4) is 0 Å². The number of imide groups is 1. The normalized spacial score (nSPS) is 14.0. The van der Waals surface area contributed by atoms with E-state index < -0.39 is 28.5 Å². The molecule has 1 saturated heterocycles. The van der Waals surface area contributed by atoms with Crippen LogP contribution < -0.4 is 14.8 Å². The van der Waals surface area contributed by atoms with Crippen LogP contribution in [0, 0.1) is 24.0 Å². The molecule has 3 aromatic rings. The average molecular weight is 549 g/mol. The summed E-state index contributed by atoms with van der Waals surface area (Å²) < 4.78 is 11.4. The Balaban J connectivity index is 1.49. The van der Waals surface area contributed by atoms with Crippen molar-refractivity contribution in [3.8, 4) is 17.4 Å². The van der Waals surface area contributed by atoms with E-state index in [9.17, 15) is 24.5 Å². The molecule has 0 saturated carbocycles. The van der Waals surface area contributed by atoms with E-state index in [1.165, 1.54) is 18.2 Å². The topological polar surface area (TPSA) is 141 Å². The number of para-hydroxylation sites is 1. The molecule has 3 amide bonds. The Hall–Kier alpha value is -4.71. The van der Waals surface area contributed by atoms with Crippen molar-refractivity contribution in [3.05, 3.63) is 86.4 Å². The molecular formula is C27H24N4O7S. The van der Waals surface area contributed by atoms with Gasteiger partial charge in [0, 0.05) is 17.8 Å². The number of carbonyl (C=O) groups excluding carboxylic acids is 3. The van der Waals surface area contributed by atoms with Gasteiger partial charge in [-0.05, 0) is 67.4 Å². The van der Waals surface area contributed by atoms with Crippen molar-refractivity contribution in [2.24, 2.45) is 0 Å². The smallest absolute Gasteiger partial charge is 0.294 e. The van der Waals surface area contributed by atoms with E-state index in [4.69, 9.17) is 9.47 Å². The summed E-state index contributed by atoms with van der Waals surface area (Å²) in [5, 5.41) is 13.1. The Bertz CT molecular complexity index is 1470. The second kappa shape index (κ2) is 11.8. The number of thioether (sulfide) groups is 1. The third-order valence-electron chi connectivity index (χ3n) is 5.63. The van der Waals surface area contributed by atoms with Crippen LogP contribution in [0.4, 0.5) is 16.2 Å². The van der Waals surface area contributed by atoms with Crippen LogP contribution in [0.1, 0.15) is 23.6 Å². The standard InChI is InChI=1S/C27H24N4O7S/c1-4-37-21-12-18(8-10-20(21)38-24-11-9-19(14-28-24)31(35)36)13-22-26(33)30(27(34)39-22)15-23(32)29-25-16(2)6-5-7-17(25)3/h5-14H,4,15H2,1-3H3,(H,29,32)/b22-13-. The molecule has 0 aliphatic carbocycles. The maximum atomic E-state index is 13.0. The van der Waals surface area contributed by atoms with Gasteiger partial charge in [-0.25, -0.2) is 4.98 Å². The van der Waals surface area contributed by atoms with E-state index in [0.29, 0.717) is 29.4 Å². The fraction of sp³-hybridized carbons (Fsp3) is 0.185. The SMILES string of the molecule is CCOc1cc(/C=C2\SC(=O)N(CC(=O)Nc3c(C)cccc3C)C2=O)ccc1Oc1ccc([N+](=O)[O-])cn1. The second-order valence-corrected chi connectivity index (χ2v) is 9.43. The summed E-state index contributed by atoms with van der Waals surface area (Å²) in [6.07, 6.45) is 2.62. The van der Waals surface area contributed by atoms with Crippen LogP contribution in [0.25, 0.3) is 6.08 Å². The summed E-state index contributed by atoms with van der Waals surface area (Å²) in [4.78, 5) is 53.4. The van der Waals surface area contributed by atoms with Gasteiger partial charge in [-0.15, -0.1) is 0 Å². The van der Waals surface area contributed by atoms with Crippen molar-refractivity contribution >= 4 is 46.3 Å². The van der Waals surface area contributed by atoms with E-state index >= 15 is 0 Å². The summed E-state index contributed by atoms with van der Waals surface area (Å²) in [5.74, 6) is -0.259. The van der Waals surface area contributed by atoms with Crippen molar-refractivity contribution in [2.45, 2.75) is 20.8 Å². The number of ether oxygens (including phenoxy) is 2. The number of hydrogen-bond acceptors (Lipinski definition) is 9. The first-order valence-corrected chi connectivity index (χ1v) is 12.6. The molecule has 1 fully saturated rings. The first-order chi connectivity index (χ1) is 18.7. The van der Waals surface area contributed by atoms with Gasteiger partial charge in [0.15, 0.2) is 11.5 Å². The number of benzene rings is 2. The van der Waals surface area contributed by atoms with Crippen LogP contribution in [0.5, 0.6) is 17.4 Å². The Labute approximate surface area is 228 Å². The molecule has 1 aliphatic rings. The van der Waals surface area contributed by atoms with Gasteiger partial charge < -0.3 is 14.8 Å². The zero-order valence-corrected chi connectivity index (χ0v) is 22.1. The number of carbonyl (C=O) groups is 3. The monoisotopic (exact) mass is 548 g/mol. The molecule has 39 heavy (non-hydrogen) atoms. The van der Waals surface area contributed by atoms with Crippen LogP contribution >= 0.6 is 11.8 Å². The molecule has 4 rings (SSSR count). The lowest BCUT2D eigenvalue weighted by molar-refractivity contribution is -0.385. The molecule has 1 aromatic heterocycles. The van der Waals surface area contributed by atoms with Crippen LogP contribution in [-0.4, -0.2) is 45.0 Å². The molecule has 0 radical (unpaired) electrons. The van der Waals surface area contributed by atoms with Crippen molar-refractivity contribution in [3.63, 3.8) is 0 Å². The van der Waals surface area contributed by atoms with Gasteiger partial charge in [-0.1, -0.05) is 24.3 Å². The third-order valence-corrected chi connectivity index (χ3v) is 6.54. The van der Waals surface area contributed by atoms with E-state index in [1.807, 2.05) is 32.0 Å². The largest absolute Gasteiger partial charge is 0.490 e. The number of nitrogens with one attached hydrogen (secondary N) is 1. The average Bonchev–Trinajstić information content (AvgIpc) is 3.15. The third kappa shape index (κ3) is 6.41. The maximum absolute atomic E-state index is 13.0. The molecule has 0 unspecified atom stereocenters. The lowest BCUT2D eigenvalue weighted by Crippen LogP contribution is -2.36. The minimum absolute atomic E-state index is 0.134. The Kier molecular flexibility index (Phi) is 8.25. The summed E-state index contributed by atoms with van der Waals surface area (Å²) in [6.45, 7) is 5.42. The van der Waals surface area contributed by atoms with Gasteiger partial charge in [-0.3, -0.25) is 29.4 Å². The first kappa shape index (κ1) is 27.3. The molecule has 12 heteroatoms. The molecule has 11 nitrogen and oxygen atoms in total. The maximum Gasteiger partial charge on any atom is 0.294 e. The number of anilines is 1. The van der Waals surface area contributed by atoms with Gasteiger partial charge in [0.2, 0.25) is 11.8 Å². The quantitative estimate of drug-likeness (QED) is 0.209. The van der Waals surface area contributed by atoms with Crippen LogP contribution in [0.2, 0.25) is 0 Å². The first-order valence-electron chi connectivity index (χ1n) is 11.8. The molecule has 2 heterocycles. The number of nitrogens with zero attached hydrogens (tertiary/aromatic N) is 3. The number of rotatable bonds is 9. The highest BCUT2D eigenvalue weighted by atomic mass is 32.2. The number of pyridine rings is 1. The molecule has 0 bridgehead atoms. The lowest BCUT2D eigenvalue weighted by Gasteiger charge is -2.15. The Morgan fingerprint density at radius 2 is 1.87 bits per heavy atom. The summed E-state index contributed by atoms with van der Waals surface area (Å²) in [7, 11) is 0. The Morgan fingerprint density at radius 3 is 2.51 bits per heavy atom. The summed E-state index contributed by atoms with van der Waals surface area (Å²) in [6, 6.07) is 13.1. The Morgan fingerprint density at radius 1 is 1.13 bits per heavy atom. The predicted octanol–water partition coefficient (Wildman–Crippen LogP) is 5.47.